The zero-order valence-corrected chi connectivity index (χ0v) is 16.7. The minimum absolute atomic E-state index is 0.492. The molecule has 1 unspecified atom stereocenters. The molecular weight excluding hydrogens is 340 g/mol. The lowest BCUT2D eigenvalue weighted by Crippen LogP contribution is -2.46. The SMILES string of the molecule is CN=C(NCCOCc1ccccc1OC)NC1CCN(C2CCCC2)C1. The van der Waals surface area contributed by atoms with Gasteiger partial charge in [-0.15, -0.1) is 0 Å². The van der Waals surface area contributed by atoms with E-state index in [4.69, 9.17) is 9.47 Å². The second-order valence-electron chi connectivity index (χ2n) is 7.43. The molecule has 1 saturated carbocycles. The summed E-state index contributed by atoms with van der Waals surface area (Å²) in [5.41, 5.74) is 1.07. The molecule has 6 heteroatoms. The monoisotopic (exact) mass is 374 g/mol. The van der Waals surface area contributed by atoms with Crippen LogP contribution < -0.4 is 15.4 Å². The summed E-state index contributed by atoms with van der Waals surface area (Å²) in [5.74, 6) is 1.74. The van der Waals surface area contributed by atoms with E-state index in [0.717, 1.165) is 36.4 Å². The van der Waals surface area contributed by atoms with Gasteiger partial charge in [0.15, 0.2) is 5.96 Å². The highest BCUT2D eigenvalue weighted by Crippen LogP contribution is 2.26. The topological polar surface area (TPSA) is 58.1 Å². The molecule has 1 aliphatic heterocycles. The van der Waals surface area contributed by atoms with Gasteiger partial charge in [-0.2, -0.15) is 0 Å². The van der Waals surface area contributed by atoms with Crippen LogP contribution in [0.1, 0.15) is 37.7 Å². The number of hydrogen-bond acceptors (Lipinski definition) is 4. The molecule has 2 aliphatic rings. The van der Waals surface area contributed by atoms with E-state index in [1.54, 1.807) is 7.11 Å². The number of rotatable bonds is 8. The molecule has 3 rings (SSSR count). The van der Waals surface area contributed by atoms with Gasteiger partial charge in [-0.3, -0.25) is 9.89 Å². The van der Waals surface area contributed by atoms with Gasteiger partial charge in [-0.25, -0.2) is 0 Å². The Morgan fingerprint density at radius 1 is 1.22 bits per heavy atom. The first-order chi connectivity index (χ1) is 13.3. The van der Waals surface area contributed by atoms with E-state index in [1.165, 1.54) is 38.6 Å². The molecule has 2 fully saturated rings. The molecule has 6 nitrogen and oxygen atoms in total. The number of methoxy groups -OCH3 is 1. The number of nitrogens with zero attached hydrogens (tertiary/aromatic N) is 2. The van der Waals surface area contributed by atoms with Crippen molar-refractivity contribution in [2.75, 3.05) is 40.4 Å². The van der Waals surface area contributed by atoms with Crippen LogP contribution in [0.4, 0.5) is 0 Å². The van der Waals surface area contributed by atoms with E-state index in [-0.39, 0.29) is 0 Å². The van der Waals surface area contributed by atoms with Crippen LogP contribution >= 0.6 is 0 Å². The molecule has 1 aromatic carbocycles. The highest BCUT2D eigenvalue weighted by molar-refractivity contribution is 5.80. The maximum Gasteiger partial charge on any atom is 0.191 e. The first-order valence-corrected chi connectivity index (χ1v) is 10.2. The number of para-hydroxylation sites is 1. The summed E-state index contributed by atoms with van der Waals surface area (Å²) in [5, 5.41) is 6.93. The largest absolute Gasteiger partial charge is 0.496 e. The predicted octanol–water partition coefficient (Wildman–Crippen LogP) is 2.39. The van der Waals surface area contributed by atoms with E-state index in [1.807, 2.05) is 31.3 Å². The third-order valence-corrected chi connectivity index (χ3v) is 5.61. The van der Waals surface area contributed by atoms with Crippen LogP contribution in [0, 0.1) is 0 Å². The van der Waals surface area contributed by atoms with Crippen molar-refractivity contribution in [3.63, 3.8) is 0 Å². The molecule has 1 aromatic rings. The minimum atomic E-state index is 0.492. The lowest BCUT2D eigenvalue weighted by molar-refractivity contribution is 0.123. The molecule has 0 spiro atoms. The normalized spacial score (nSPS) is 21.6. The second-order valence-corrected chi connectivity index (χ2v) is 7.43. The van der Waals surface area contributed by atoms with Gasteiger partial charge in [0.25, 0.3) is 0 Å². The van der Waals surface area contributed by atoms with Gasteiger partial charge in [0.2, 0.25) is 0 Å². The smallest absolute Gasteiger partial charge is 0.191 e. The van der Waals surface area contributed by atoms with E-state index in [2.05, 4.69) is 20.5 Å². The number of guanidine groups is 1. The van der Waals surface area contributed by atoms with Crippen LogP contribution in [-0.4, -0.2) is 63.3 Å². The number of likely N-dealkylation sites (tertiary alicyclic amines) is 1. The summed E-state index contributed by atoms with van der Waals surface area (Å²) in [7, 11) is 3.52. The van der Waals surface area contributed by atoms with Crippen LogP contribution in [-0.2, 0) is 11.3 Å². The quantitative estimate of drug-likeness (QED) is 0.416. The molecule has 0 radical (unpaired) electrons. The molecule has 1 atom stereocenters. The van der Waals surface area contributed by atoms with Gasteiger partial charge >= 0.3 is 0 Å². The third kappa shape index (κ3) is 5.84. The molecule has 150 valence electrons. The Bertz CT molecular complexity index is 602. The lowest BCUT2D eigenvalue weighted by Gasteiger charge is -2.24. The third-order valence-electron chi connectivity index (χ3n) is 5.61. The molecular formula is C21H34N4O2. The van der Waals surface area contributed by atoms with Gasteiger partial charge < -0.3 is 20.1 Å². The minimum Gasteiger partial charge on any atom is -0.496 e. The molecule has 0 aromatic heterocycles. The highest BCUT2D eigenvalue weighted by Gasteiger charge is 2.30. The van der Waals surface area contributed by atoms with Crippen molar-refractivity contribution < 1.29 is 9.47 Å². The van der Waals surface area contributed by atoms with Crippen molar-refractivity contribution in [1.82, 2.24) is 15.5 Å². The van der Waals surface area contributed by atoms with Crippen molar-refractivity contribution in [2.24, 2.45) is 4.99 Å². The van der Waals surface area contributed by atoms with Crippen molar-refractivity contribution >= 4 is 5.96 Å². The predicted molar refractivity (Wildman–Crippen MR) is 109 cm³/mol. The number of ether oxygens (including phenoxy) is 2. The van der Waals surface area contributed by atoms with Gasteiger partial charge in [0, 0.05) is 44.3 Å². The summed E-state index contributed by atoms with van der Waals surface area (Å²) < 4.78 is 11.1. The Kier molecular flexibility index (Phi) is 7.78. The van der Waals surface area contributed by atoms with Crippen molar-refractivity contribution in [3.05, 3.63) is 29.8 Å². The standard InChI is InChI=1S/C21H34N4O2/c1-22-21(24-18-11-13-25(15-18)19-8-4-5-9-19)23-12-14-27-16-17-7-3-6-10-20(17)26-2/h3,6-7,10,18-19H,4-5,8-9,11-16H2,1-2H3,(H2,22,23,24). The van der Waals surface area contributed by atoms with Crippen LogP contribution in [0.5, 0.6) is 5.75 Å². The van der Waals surface area contributed by atoms with Crippen LogP contribution in [0.25, 0.3) is 0 Å². The molecule has 1 saturated heterocycles. The molecule has 1 heterocycles. The van der Waals surface area contributed by atoms with E-state index in [9.17, 15) is 0 Å². The number of aliphatic imine (C=N–C) groups is 1. The van der Waals surface area contributed by atoms with Gasteiger partial charge in [-0.1, -0.05) is 31.0 Å². The Balaban J connectivity index is 1.32. The zero-order chi connectivity index (χ0) is 18.9. The van der Waals surface area contributed by atoms with Crippen LogP contribution in [0.3, 0.4) is 0 Å². The first kappa shape index (κ1) is 20.0. The molecule has 1 aliphatic carbocycles. The van der Waals surface area contributed by atoms with Gasteiger partial charge in [0.1, 0.15) is 5.75 Å². The average Bonchev–Trinajstić information content (AvgIpc) is 3.38. The zero-order valence-electron chi connectivity index (χ0n) is 16.7. The first-order valence-electron chi connectivity index (χ1n) is 10.2. The summed E-state index contributed by atoms with van der Waals surface area (Å²) in [4.78, 5) is 7.02. The van der Waals surface area contributed by atoms with E-state index >= 15 is 0 Å². The summed E-state index contributed by atoms with van der Waals surface area (Å²) in [6.07, 6.45) is 6.75. The number of hydrogen-bond donors (Lipinski definition) is 2. The van der Waals surface area contributed by atoms with Crippen molar-refractivity contribution in [1.29, 1.82) is 0 Å². The Morgan fingerprint density at radius 2 is 2.04 bits per heavy atom. The fraction of sp³-hybridized carbons (Fsp3) is 0.667. The summed E-state index contributed by atoms with van der Waals surface area (Å²) >= 11 is 0. The maximum atomic E-state index is 5.78. The maximum absolute atomic E-state index is 5.78. The summed E-state index contributed by atoms with van der Waals surface area (Å²) in [6.45, 7) is 4.25. The van der Waals surface area contributed by atoms with E-state index in [0.29, 0.717) is 19.3 Å². The fourth-order valence-electron chi connectivity index (χ4n) is 4.14. The molecule has 2 N–H and O–H groups in total. The van der Waals surface area contributed by atoms with Gasteiger partial charge in [0.05, 0.1) is 20.3 Å². The number of nitrogens with one attached hydrogen (secondary N) is 2. The van der Waals surface area contributed by atoms with Gasteiger partial charge in [-0.05, 0) is 25.3 Å². The van der Waals surface area contributed by atoms with E-state index < -0.39 is 0 Å². The Labute approximate surface area is 163 Å². The van der Waals surface area contributed by atoms with Crippen molar-refractivity contribution in [2.45, 2.75) is 50.8 Å². The average molecular weight is 375 g/mol. The van der Waals surface area contributed by atoms with Crippen LogP contribution in [0.15, 0.2) is 29.3 Å². The number of benzene rings is 1. The van der Waals surface area contributed by atoms with Crippen LogP contribution in [0.2, 0.25) is 0 Å². The second kappa shape index (κ2) is 10.5. The van der Waals surface area contributed by atoms with Crippen molar-refractivity contribution in [3.8, 4) is 5.75 Å². The lowest BCUT2D eigenvalue weighted by atomic mass is 10.2. The Morgan fingerprint density at radius 3 is 2.81 bits per heavy atom. The Hall–Kier alpha value is -1.79. The molecule has 0 amide bonds. The molecule has 27 heavy (non-hydrogen) atoms. The highest BCUT2D eigenvalue weighted by atomic mass is 16.5. The molecule has 0 bridgehead atoms. The fourth-order valence-corrected chi connectivity index (χ4v) is 4.14. The summed E-state index contributed by atoms with van der Waals surface area (Å²) in [6, 6.07) is 9.27.